The van der Waals surface area contributed by atoms with Crippen LogP contribution in [-0.4, -0.2) is 722 Å². The van der Waals surface area contributed by atoms with Gasteiger partial charge in [-0.2, -0.15) is 0 Å². The fraction of sp³-hybridized carbons (Fsp3) is 0.800. The molecular weight excluding hydrogens is 2090 g/mol. The van der Waals surface area contributed by atoms with Crippen molar-refractivity contribution in [3.8, 4) is 0 Å². The van der Waals surface area contributed by atoms with E-state index in [9.17, 15) is 328 Å². The Labute approximate surface area is 815 Å². The number of aliphatic carboxylic acids is 8. The number of aliphatic hydroxyl groups is 50. The van der Waals surface area contributed by atoms with E-state index in [0.29, 0.717) is 0 Å². The monoisotopic (exact) mass is 2200 g/mol. The number of ether oxygens (including phenoxy) is 6. The van der Waals surface area contributed by atoms with Crippen molar-refractivity contribution in [2.24, 2.45) is 0 Å². The van der Waals surface area contributed by atoms with Crippen LogP contribution in [0.25, 0.3) is 0 Å². The van der Waals surface area contributed by atoms with E-state index >= 15 is 14.4 Å². The van der Waals surface area contributed by atoms with E-state index in [4.69, 9.17) is 39.4 Å². The van der Waals surface area contributed by atoms with Gasteiger partial charge in [0.15, 0.2) is 110 Å². The Morgan fingerprint density at radius 2 is 0.196 bits per heavy atom. The molecule has 78 heteroatoms. The summed E-state index contributed by atoms with van der Waals surface area (Å²) in [5.74, 6) is -44.0. The second-order valence-electron chi connectivity index (χ2n) is 32.0. The van der Waals surface area contributed by atoms with Crippen molar-refractivity contribution >= 4 is 83.6 Å². The Morgan fingerprint density at radius 3 is 0.331 bits per heavy atom. The Bertz CT molecular complexity index is 4230. The van der Waals surface area contributed by atoms with Gasteiger partial charge in [-0.3, -0.25) is 0 Å². The Balaban J connectivity index is 11.8. The van der Waals surface area contributed by atoms with Crippen LogP contribution in [0.3, 0.4) is 0 Å². The summed E-state index contributed by atoms with van der Waals surface area (Å²) in [4.78, 5) is 185. The summed E-state index contributed by atoms with van der Waals surface area (Å²) in [6, 6.07) is 0. The van der Waals surface area contributed by atoms with Crippen molar-refractivity contribution in [3.05, 3.63) is 0 Å². The van der Waals surface area contributed by atoms with Crippen molar-refractivity contribution in [2.45, 2.75) is 342 Å². The van der Waals surface area contributed by atoms with Crippen LogP contribution >= 0.6 is 0 Å². The Hall–Kier alpha value is -9.42. The number of esters is 6. The average molecular weight is 2200 g/mol. The van der Waals surface area contributed by atoms with E-state index in [-0.39, 0.29) is 0 Å². The van der Waals surface area contributed by atoms with Crippen LogP contribution in [0.4, 0.5) is 0 Å². The lowest BCUT2D eigenvalue weighted by Gasteiger charge is -2.42. The summed E-state index contributed by atoms with van der Waals surface area (Å²) in [6.45, 7) is 0. The molecule has 58 N–H and O–H groups in total. The number of hydrogen-bond donors (Lipinski definition) is 58. The maximum atomic E-state index is 15.2. The van der Waals surface area contributed by atoms with Crippen molar-refractivity contribution < 1.29 is 392 Å². The van der Waals surface area contributed by atoms with Crippen LogP contribution in [0.1, 0.15) is 0 Å². The fourth-order valence-electron chi connectivity index (χ4n) is 12.2. The molecule has 0 aliphatic carbocycles. The maximum absolute atomic E-state index is 15.2. The van der Waals surface area contributed by atoms with Crippen LogP contribution in [0.2, 0.25) is 0 Å². The SMILES string of the molecule is O=C(O)[C@@H](O)[C@H](O)[C@H](O)[C@H](O)[C@@H](O)[C@@H](O)[C@H](O)[C@@H](O)C(=O)O[C@H]([C@H](O)[C@H](O)C(=O)O)[C@H](OC(=O)[C@H](O)[C@@H](O)[C@H](O)[C@H](O)[C@H](O)[C@H](O)[C@@H](O)[C@H](O)C(=O)O)[C@@H](OC(=O)[C@H](O)[C@@H](O)[C@H](O)[C@H](O)[C@@H](O)[C@H](O)[C@@H](O)[C@H](O)C(=O)O)[C@@H](OC(=O)[C@H](O)[C@@H](O)[C@H](O)[C@H](O)[C@H](O)[C@@H](O)[C@H](O)[C@H](O)C(=O)O)[C@H](OC(=O)[C@H](O)[C@@H](O)[C@H](O)[C@H](O)[C@@H](O)[C@@H](O)[C@H](O)[C@H](O)C(=O)O)[C@@H](OC(=O)[C@H](O)[C@@H](O)[C@H](O)[C@H](O)[C@H](O)[C@H](O)[C@H](O)[C@H](O)C(=O)O)C(=O)O. The van der Waals surface area contributed by atoms with Gasteiger partial charge in [0.2, 0.25) is 6.10 Å². The van der Waals surface area contributed by atoms with Gasteiger partial charge < -0.3 is 325 Å². The largest absolute Gasteiger partial charge is 0.479 e. The molecule has 0 saturated heterocycles. The molecule has 862 valence electrons. The van der Waals surface area contributed by atoms with Gasteiger partial charge in [0, 0.05) is 0 Å². The molecule has 0 rings (SSSR count). The molecule has 0 fully saturated rings. The number of carboxylic acid groups (broad SMARTS) is 8. The number of carbonyl (C=O) groups excluding carboxylic acids is 6. The molecule has 0 bridgehead atoms. The zero-order chi connectivity index (χ0) is 117. The molecule has 0 radical (unpaired) electrons. The molecule has 0 saturated carbocycles. The normalized spacial score (nSPS) is 23.8. The van der Waals surface area contributed by atoms with Crippen LogP contribution in [-0.2, 0) is 95.5 Å². The van der Waals surface area contributed by atoms with Gasteiger partial charge >= 0.3 is 83.6 Å². The molecule has 0 spiro atoms. The molecular formula is C70H114O78. The standard InChI is InChI=1S/C70H114O78/c71-1(13(83)25(95)38(108)57(121)122)7(77)19(89)31(101)45(115)65(137)143-51(37(107)44(114)63(133)134)52(144-66(138)46(116)32(102)20(90)8(78)2(72)14(84)26(96)39(109)58(123)124)53(145-67(139)47(117)33(103)21(91)9(79)3(73)15(85)27(97)40(110)59(125)126)54(146-68(140)48(118)34(104)22(92)10(80)4(74)16(86)28(98)41(111)60(127)128)55(147-69(141)49(119)35(105)23(93)11(81)5(75)17(87)29(99)42(112)61(129)130)56(64(135)136)148-70(142)50(120)36(106)24(94)12(82)6(76)18(88)30(100)43(113)62(131)132/h1-56,71-120H,(H,121,122)(H,123,124)(H,125,126)(H,127,128)(H,129,130)(H,131,132)(H,133,134)(H,135,136)/t1-,2+,3-,4+,5-,6+,7-,8-,9-,10-,11-,12-,13-,14+,15+,16-,17-,18+,19-,20-,21-,22-,23-,24-,25-,26-,27-,28+,29+,30+,31+,32+,33+,34+,35+,36+,37-,38+,39+,40+,41+,42+,43+,44+,45-,46-,47-,48-,49-,50-,51-,52+,53-,54-,55+,56-/m1/s1. The molecule has 0 aliphatic rings. The van der Waals surface area contributed by atoms with Crippen molar-refractivity contribution in [1.29, 1.82) is 0 Å². The Kier molecular flexibility index (Phi) is 56.3. The first-order valence-corrected chi connectivity index (χ1v) is 40.6. The summed E-state index contributed by atoms with van der Waals surface area (Å²) in [5, 5.41) is 616. The lowest BCUT2D eigenvalue weighted by molar-refractivity contribution is -0.247. The number of carboxylic acids is 8. The highest BCUT2D eigenvalue weighted by molar-refractivity contribution is 5.84. The van der Waals surface area contributed by atoms with E-state index in [1.54, 1.807) is 0 Å². The maximum Gasteiger partial charge on any atom is 0.349 e. The smallest absolute Gasteiger partial charge is 0.349 e. The van der Waals surface area contributed by atoms with Gasteiger partial charge in [-0.25, -0.2) is 67.1 Å². The lowest BCUT2D eigenvalue weighted by Crippen LogP contribution is -2.65. The van der Waals surface area contributed by atoms with Crippen LogP contribution in [0, 0.1) is 0 Å². The predicted octanol–water partition coefficient (Wildman–Crippen LogP) is -38.8. The minimum atomic E-state index is -5.32. The molecule has 0 aromatic carbocycles. The first-order valence-electron chi connectivity index (χ1n) is 40.6. The van der Waals surface area contributed by atoms with Crippen LogP contribution in [0.5, 0.6) is 0 Å². The van der Waals surface area contributed by atoms with Crippen LogP contribution < -0.4 is 0 Å². The van der Waals surface area contributed by atoms with Crippen molar-refractivity contribution in [1.82, 2.24) is 0 Å². The molecule has 78 nitrogen and oxygen atoms in total. The second-order valence-corrected chi connectivity index (χ2v) is 32.0. The second kappa shape index (κ2) is 60.1. The first-order chi connectivity index (χ1) is 67.5. The van der Waals surface area contributed by atoms with Gasteiger partial charge in [0.05, 0.1) is 0 Å². The zero-order valence-electron chi connectivity index (χ0n) is 73.4. The van der Waals surface area contributed by atoms with E-state index in [2.05, 4.69) is 9.47 Å². The molecule has 56 atom stereocenters. The number of hydrogen-bond acceptors (Lipinski definition) is 70. The molecule has 0 aromatic rings. The van der Waals surface area contributed by atoms with Gasteiger partial charge in [-0.05, 0) is 0 Å². The van der Waals surface area contributed by atoms with E-state index < -0.39 is 425 Å². The quantitative estimate of drug-likeness (QED) is 0.0199. The summed E-state index contributed by atoms with van der Waals surface area (Å²) in [5.41, 5.74) is 0. The molecule has 148 heavy (non-hydrogen) atoms. The van der Waals surface area contributed by atoms with E-state index in [0.717, 1.165) is 0 Å². The summed E-state index contributed by atoms with van der Waals surface area (Å²) in [7, 11) is 0. The molecule has 0 aliphatic heterocycles. The van der Waals surface area contributed by atoms with Crippen LogP contribution in [0.15, 0.2) is 0 Å². The third-order valence-corrected chi connectivity index (χ3v) is 21.6. The Morgan fingerprint density at radius 1 is 0.101 bits per heavy atom. The highest BCUT2D eigenvalue weighted by Crippen LogP contribution is 2.34. The van der Waals surface area contributed by atoms with Crippen molar-refractivity contribution in [3.63, 3.8) is 0 Å². The van der Waals surface area contributed by atoms with Crippen molar-refractivity contribution in [2.75, 3.05) is 0 Å². The summed E-state index contributed by atoms with van der Waals surface area (Å²) < 4.78 is 28.4. The predicted molar refractivity (Wildman–Crippen MR) is 421 cm³/mol. The molecule has 0 aromatic heterocycles. The number of aliphatic hydroxyl groups excluding tert-OH is 50. The molecule has 0 heterocycles. The third-order valence-electron chi connectivity index (χ3n) is 21.6. The number of rotatable bonds is 69. The van der Waals surface area contributed by atoms with Gasteiger partial charge in [0.1, 0.15) is 226 Å². The first kappa shape index (κ1) is 139. The summed E-state index contributed by atoms with van der Waals surface area (Å²) in [6.07, 6.45) is -221. The fourth-order valence-corrected chi connectivity index (χ4v) is 12.2. The minimum absolute atomic E-state index is 2.53. The van der Waals surface area contributed by atoms with E-state index in [1.807, 2.05) is 0 Å². The highest BCUT2D eigenvalue weighted by atomic mass is 16.7. The lowest BCUT2D eigenvalue weighted by atomic mass is 9.90. The molecule has 0 amide bonds. The number of carbonyl (C=O) groups is 14. The minimum Gasteiger partial charge on any atom is -0.479 e. The third kappa shape index (κ3) is 35.3. The van der Waals surface area contributed by atoms with Gasteiger partial charge in [0.25, 0.3) is 0 Å². The zero-order valence-corrected chi connectivity index (χ0v) is 73.4. The van der Waals surface area contributed by atoms with Gasteiger partial charge in [-0.1, -0.05) is 0 Å². The summed E-state index contributed by atoms with van der Waals surface area (Å²) >= 11 is 0. The molecule has 0 unspecified atom stereocenters. The van der Waals surface area contributed by atoms with Gasteiger partial charge in [-0.15, -0.1) is 0 Å². The average Bonchev–Trinajstić information content (AvgIpc) is 0.769. The highest BCUT2D eigenvalue weighted by Gasteiger charge is 2.61. The topological polar surface area (TPSA) is 1470 Å². The van der Waals surface area contributed by atoms with E-state index in [1.165, 1.54) is 0 Å².